The molecular weight excluding hydrogens is 801 g/mol. The third-order valence-electron chi connectivity index (χ3n) is 13.1. The first-order valence-electron chi connectivity index (χ1n) is 21.9. The zero-order valence-electron chi connectivity index (χ0n) is 34.4. The molecule has 6 aliphatic rings. The largest absolute Gasteiger partial charge is 0.347 e. The number of rotatable bonds is 19. The molecule has 1 aliphatic carbocycles. The number of sulfonamides is 1. The number of likely N-dealkylation sites (tertiary alicyclic amines) is 2. The highest BCUT2D eigenvalue weighted by Crippen LogP contribution is 2.40. The van der Waals surface area contributed by atoms with Crippen molar-refractivity contribution >= 4 is 63.1 Å². The van der Waals surface area contributed by atoms with Gasteiger partial charge in [-0.1, -0.05) is 38.5 Å². The van der Waals surface area contributed by atoms with Crippen molar-refractivity contribution in [1.29, 1.82) is 0 Å². The van der Waals surface area contributed by atoms with Gasteiger partial charge in [0.1, 0.15) is 11.5 Å². The number of hydrogen-bond donors (Lipinski definition) is 5. The van der Waals surface area contributed by atoms with Gasteiger partial charge in [-0.05, 0) is 70.3 Å². The van der Waals surface area contributed by atoms with Gasteiger partial charge in [0.25, 0.3) is 0 Å². The van der Waals surface area contributed by atoms with Crippen LogP contribution in [-0.2, 0) is 43.6 Å². The molecule has 8 atom stereocenters. The normalized spacial score (nSPS) is 30.4. The minimum absolute atomic E-state index is 0.135. The number of hydrogen-bond acceptors (Lipinski definition) is 12. The number of piperidine rings is 2. The molecule has 7 amide bonds. The van der Waals surface area contributed by atoms with Gasteiger partial charge in [0.2, 0.25) is 51.4 Å². The first-order chi connectivity index (χ1) is 28.3. The smallest absolute Gasteiger partial charge is 0.249 e. The van der Waals surface area contributed by atoms with Crippen LogP contribution in [0.25, 0.3) is 0 Å². The maximum Gasteiger partial charge on any atom is 0.249 e. The maximum atomic E-state index is 13.2. The van der Waals surface area contributed by atoms with Crippen LogP contribution >= 0.6 is 11.8 Å². The summed E-state index contributed by atoms with van der Waals surface area (Å²) in [5.41, 5.74) is -0.272. The molecule has 330 valence electrons. The van der Waals surface area contributed by atoms with E-state index < -0.39 is 33.8 Å². The first-order valence-corrected chi connectivity index (χ1v) is 24.8. The monoisotopic (exact) mass is 864 g/mol. The molecule has 0 aromatic carbocycles. The highest BCUT2D eigenvalue weighted by atomic mass is 32.2. The van der Waals surface area contributed by atoms with E-state index in [0.29, 0.717) is 38.1 Å². The van der Waals surface area contributed by atoms with Crippen LogP contribution in [0.5, 0.6) is 0 Å². The van der Waals surface area contributed by atoms with Crippen molar-refractivity contribution in [2.45, 2.75) is 133 Å². The molecule has 0 radical (unpaired) electrons. The van der Waals surface area contributed by atoms with Crippen molar-refractivity contribution in [2.75, 3.05) is 51.3 Å². The Morgan fingerprint density at radius 1 is 0.847 bits per heavy atom. The van der Waals surface area contributed by atoms with E-state index in [4.69, 9.17) is 0 Å². The molecule has 5 saturated heterocycles. The fourth-order valence-corrected chi connectivity index (χ4v) is 11.9. The molecule has 5 heterocycles. The lowest BCUT2D eigenvalue weighted by Gasteiger charge is -2.36. The van der Waals surface area contributed by atoms with E-state index in [1.54, 1.807) is 11.8 Å². The minimum atomic E-state index is -3.34. The second kappa shape index (κ2) is 21.1. The molecule has 19 heteroatoms. The number of nitrogens with one attached hydrogen (secondary N) is 5. The summed E-state index contributed by atoms with van der Waals surface area (Å²) in [4.78, 5) is 91.5. The molecule has 0 aromatic heterocycles. The fraction of sp³-hybridized carbons (Fsp3) is 0.825. The molecule has 59 heavy (non-hydrogen) atoms. The minimum Gasteiger partial charge on any atom is -0.347 e. The number of fused-ring (bicyclic) bond motifs is 1. The van der Waals surface area contributed by atoms with Gasteiger partial charge in [-0.2, -0.15) is 0 Å². The molecule has 1 saturated carbocycles. The van der Waals surface area contributed by atoms with E-state index in [1.807, 2.05) is 4.90 Å². The van der Waals surface area contributed by atoms with Crippen LogP contribution in [0.3, 0.4) is 0 Å². The van der Waals surface area contributed by atoms with Crippen molar-refractivity contribution in [3.8, 4) is 0 Å². The molecule has 17 nitrogen and oxygen atoms in total. The van der Waals surface area contributed by atoms with Gasteiger partial charge in [-0.15, -0.1) is 11.8 Å². The molecule has 6 rings (SSSR count). The zero-order chi connectivity index (χ0) is 42.1. The van der Waals surface area contributed by atoms with Gasteiger partial charge in [-0.3, -0.25) is 49.1 Å². The Hall–Kier alpha value is -3.13. The van der Waals surface area contributed by atoms with Gasteiger partial charge in [0.05, 0.1) is 30.6 Å². The van der Waals surface area contributed by atoms with Gasteiger partial charge in [0, 0.05) is 56.9 Å². The summed E-state index contributed by atoms with van der Waals surface area (Å²) in [5.74, 6) is -1.92. The predicted molar refractivity (Wildman–Crippen MR) is 220 cm³/mol. The number of unbranched alkanes of at least 4 members (excludes halogenated alkanes) is 7. The van der Waals surface area contributed by atoms with Crippen LogP contribution in [0.15, 0.2) is 0 Å². The number of carbonyl (C=O) groups is 7. The first kappa shape index (κ1) is 45.4. The van der Waals surface area contributed by atoms with E-state index in [1.165, 1.54) is 4.31 Å². The highest BCUT2D eigenvalue weighted by Gasteiger charge is 2.54. The standard InChI is InChI=1S/C40H64N8O9S2/c1-59(56,57)47-20-17-27(24-47)36(52)42-22-34(50)45-40-43-31(25-58-40)26-11-10-19-46(23-26)35(51)12-8-6-4-2-3-5-7-9-18-41-28-13-14-29-30(21-28)39(55)48(38(29)54)32-15-16-33(49)44-37(32)53/h26-32,40-41,43H,2-25H2,1H3,(H,42,52)(H,45,50)(H,44,49,53). The summed E-state index contributed by atoms with van der Waals surface area (Å²) in [7, 11) is -3.34. The Kier molecular flexibility index (Phi) is 16.2. The molecular formula is C40H64N8O9S2. The summed E-state index contributed by atoms with van der Waals surface area (Å²) < 4.78 is 24.8. The molecule has 5 N–H and O–H groups in total. The van der Waals surface area contributed by atoms with Crippen LogP contribution in [0.4, 0.5) is 0 Å². The third-order valence-corrected chi connectivity index (χ3v) is 15.5. The topological polar surface area (TPSA) is 224 Å². The Labute approximate surface area is 352 Å². The van der Waals surface area contributed by atoms with Crippen molar-refractivity contribution in [3.63, 3.8) is 0 Å². The van der Waals surface area contributed by atoms with Crippen molar-refractivity contribution in [1.82, 2.24) is 40.7 Å². The van der Waals surface area contributed by atoms with Gasteiger partial charge in [-0.25, -0.2) is 12.7 Å². The summed E-state index contributed by atoms with van der Waals surface area (Å²) in [6, 6.07) is -0.520. The lowest BCUT2D eigenvalue weighted by molar-refractivity contribution is -0.151. The second-order valence-electron chi connectivity index (χ2n) is 17.4. The lowest BCUT2D eigenvalue weighted by Crippen LogP contribution is -2.54. The summed E-state index contributed by atoms with van der Waals surface area (Å²) in [6.45, 7) is 2.65. The van der Waals surface area contributed by atoms with E-state index in [2.05, 4.69) is 26.6 Å². The Morgan fingerprint density at radius 2 is 1.58 bits per heavy atom. The van der Waals surface area contributed by atoms with Gasteiger partial charge >= 0.3 is 0 Å². The van der Waals surface area contributed by atoms with Crippen LogP contribution in [-0.4, -0.2) is 139 Å². The Bertz CT molecular complexity index is 1680. The van der Waals surface area contributed by atoms with Crippen LogP contribution < -0.4 is 26.6 Å². The van der Waals surface area contributed by atoms with Crippen molar-refractivity contribution in [3.05, 3.63) is 0 Å². The lowest BCUT2D eigenvalue weighted by atomic mass is 9.78. The molecule has 8 unspecified atom stereocenters. The average molecular weight is 865 g/mol. The summed E-state index contributed by atoms with van der Waals surface area (Å²) >= 11 is 1.61. The SMILES string of the molecule is CS(=O)(=O)N1CCC(C(=O)NCC(=O)NC2NC(C3CCCN(C(=O)CCCCCCCCCCNC4CCC5C(=O)N(C6CCC(=O)NC6=O)C(=O)C5C4)C3)CS2)C1. The zero-order valence-corrected chi connectivity index (χ0v) is 36.1. The summed E-state index contributed by atoms with van der Waals surface area (Å²) in [6.07, 6.45) is 15.2. The second-order valence-corrected chi connectivity index (χ2v) is 20.5. The van der Waals surface area contributed by atoms with Crippen molar-refractivity contribution < 1.29 is 42.0 Å². The van der Waals surface area contributed by atoms with Crippen molar-refractivity contribution in [2.24, 2.45) is 23.7 Å². The molecule has 6 fully saturated rings. The number of amides is 7. The van der Waals surface area contributed by atoms with Gasteiger partial charge < -0.3 is 20.9 Å². The van der Waals surface area contributed by atoms with E-state index in [0.717, 1.165) is 107 Å². The van der Waals surface area contributed by atoms with E-state index in [9.17, 15) is 42.0 Å². The number of nitrogens with zero attached hydrogens (tertiary/aromatic N) is 3. The summed E-state index contributed by atoms with van der Waals surface area (Å²) in [5, 5.41) is 14.9. The van der Waals surface area contributed by atoms with Crippen LogP contribution in [0.1, 0.15) is 109 Å². The number of thioether (sulfide) groups is 1. The Morgan fingerprint density at radius 3 is 2.31 bits per heavy atom. The maximum absolute atomic E-state index is 13.2. The number of imide groups is 2. The Balaban J connectivity index is 0.760. The predicted octanol–water partition coefficient (Wildman–Crippen LogP) is 0.787. The quantitative estimate of drug-likeness (QED) is 0.0899. The third kappa shape index (κ3) is 12.3. The van der Waals surface area contributed by atoms with E-state index >= 15 is 0 Å². The van der Waals surface area contributed by atoms with Crippen LogP contribution in [0.2, 0.25) is 0 Å². The van der Waals surface area contributed by atoms with Gasteiger partial charge in [0.15, 0.2) is 0 Å². The highest BCUT2D eigenvalue weighted by molar-refractivity contribution is 8.00. The molecule has 0 bridgehead atoms. The molecule has 0 aromatic rings. The van der Waals surface area contributed by atoms with Crippen LogP contribution in [0, 0.1) is 23.7 Å². The average Bonchev–Trinajstić information content (AvgIpc) is 3.95. The number of carbonyl (C=O) groups excluding carboxylic acids is 7. The van der Waals surface area contributed by atoms with E-state index in [-0.39, 0.29) is 84.9 Å². The molecule has 0 spiro atoms. The fourth-order valence-electron chi connectivity index (χ4n) is 9.72. The molecule has 5 aliphatic heterocycles.